The van der Waals surface area contributed by atoms with Gasteiger partial charge in [-0.1, -0.05) is 6.08 Å². The third kappa shape index (κ3) is 3.43. The Balaban J connectivity index is 1.51. The quantitative estimate of drug-likeness (QED) is 0.487. The fraction of sp³-hybridized carbons (Fsp3) is 0.238. The van der Waals surface area contributed by atoms with Crippen LogP contribution in [0.1, 0.15) is 18.5 Å². The van der Waals surface area contributed by atoms with Crippen LogP contribution in [-0.4, -0.2) is 44.2 Å². The molecule has 1 aliphatic rings. The monoisotopic (exact) mass is 388 g/mol. The average Bonchev–Trinajstić information content (AvgIpc) is 3.12. The second kappa shape index (κ2) is 7.23. The van der Waals surface area contributed by atoms with Gasteiger partial charge < -0.3 is 20.6 Å². The maximum absolute atomic E-state index is 9.21. The molecule has 3 aromatic heterocycles. The molecule has 4 N–H and O–H groups in total. The van der Waals surface area contributed by atoms with Crippen molar-refractivity contribution in [3.63, 3.8) is 0 Å². The number of fused-ring (bicyclic) bond motifs is 2. The molecule has 4 aromatic rings. The van der Waals surface area contributed by atoms with Crippen molar-refractivity contribution < 1.29 is 9.52 Å². The van der Waals surface area contributed by atoms with E-state index in [-0.39, 0.29) is 18.7 Å². The predicted molar refractivity (Wildman–Crippen MR) is 111 cm³/mol. The fourth-order valence-electron chi connectivity index (χ4n) is 3.66. The standard InChI is InChI=1S/C21H20N6O2/c22-21-27-17-10-12(1-4-19(17)29-21)15-2-3-16-20(25-15)26-18(11-24-16)13-5-7-23-14(9-13)6-8-28/h1-5,10-11,14,23,28H,6-9H2,(H2,22,27). The molecule has 1 atom stereocenters. The molecule has 0 saturated heterocycles. The Morgan fingerprint density at radius 2 is 2.00 bits per heavy atom. The van der Waals surface area contributed by atoms with Gasteiger partial charge in [0.15, 0.2) is 11.2 Å². The molecule has 0 radical (unpaired) electrons. The van der Waals surface area contributed by atoms with E-state index < -0.39 is 0 Å². The summed E-state index contributed by atoms with van der Waals surface area (Å²) in [5.41, 5.74) is 11.9. The number of nitrogens with one attached hydrogen (secondary N) is 1. The van der Waals surface area contributed by atoms with Crippen LogP contribution >= 0.6 is 0 Å². The van der Waals surface area contributed by atoms with Crippen LogP contribution < -0.4 is 11.1 Å². The van der Waals surface area contributed by atoms with Crippen molar-refractivity contribution >= 4 is 33.9 Å². The van der Waals surface area contributed by atoms with Gasteiger partial charge in [0.05, 0.1) is 17.6 Å². The minimum atomic E-state index is 0.147. The molecule has 0 saturated carbocycles. The van der Waals surface area contributed by atoms with Crippen molar-refractivity contribution in [2.75, 3.05) is 18.9 Å². The van der Waals surface area contributed by atoms with Crippen LogP contribution in [0.3, 0.4) is 0 Å². The minimum Gasteiger partial charge on any atom is -0.424 e. The van der Waals surface area contributed by atoms with Crippen LogP contribution in [0.4, 0.5) is 6.01 Å². The van der Waals surface area contributed by atoms with Gasteiger partial charge in [-0.25, -0.2) is 9.97 Å². The molecule has 1 unspecified atom stereocenters. The van der Waals surface area contributed by atoms with E-state index in [4.69, 9.17) is 20.1 Å². The van der Waals surface area contributed by atoms with Crippen molar-refractivity contribution in [3.8, 4) is 11.3 Å². The zero-order valence-electron chi connectivity index (χ0n) is 15.7. The molecule has 29 heavy (non-hydrogen) atoms. The number of nitrogens with zero attached hydrogens (tertiary/aromatic N) is 4. The molecule has 1 aromatic carbocycles. The van der Waals surface area contributed by atoms with E-state index in [0.29, 0.717) is 16.7 Å². The summed E-state index contributed by atoms with van der Waals surface area (Å²) in [6.07, 6.45) is 5.44. The molecule has 0 spiro atoms. The van der Waals surface area contributed by atoms with E-state index in [1.165, 1.54) is 0 Å². The second-order valence-electron chi connectivity index (χ2n) is 7.08. The molecule has 8 heteroatoms. The van der Waals surface area contributed by atoms with E-state index in [0.717, 1.165) is 47.4 Å². The third-order valence-corrected chi connectivity index (χ3v) is 5.13. The molecule has 0 bridgehead atoms. The van der Waals surface area contributed by atoms with Crippen LogP contribution in [0.5, 0.6) is 0 Å². The first-order valence-corrected chi connectivity index (χ1v) is 9.53. The van der Waals surface area contributed by atoms with E-state index in [2.05, 4.69) is 21.4 Å². The molecule has 0 aliphatic carbocycles. The van der Waals surface area contributed by atoms with Gasteiger partial charge in [-0.05, 0) is 48.7 Å². The molecule has 0 fully saturated rings. The summed E-state index contributed by atoms with van der Waals surface area (Å²) in [7, 11) is 0. The minimum absolute atomic E-state index is 0.147. The summed E-state index contributed by atoms with van der Waals surface area (Å²) in [6.45, 7) is 0.925. The van der Waals surface area contributed by atoms with E-state index in [1.807, 2.05) is 30.3 Å². The predicted octanol–water partition coefficient (Wildman–Crippen LogP) is 2.54. The number of pyridine rings is 1. The summed E-state index contributed by atoms with van der Waals surface area (Å²) < 4.78 is 5.33. The number of benzene rings is 1. The van der Waals surface area contributed by atoms with Crippen molar-refractivity contribution in [1.29, 1.82) is 0 Å². The third-order valence-electron chi connectivity index (χ3n) is 5.13. The average molecular weight is 388 g/mol. The lowest BCUT2D eigenvalue weighted by atomic mass is 9.97. The lowest BCUT2D eigenvalue weighted by Gasteiger charge is -2.23. The topological polar surface area (TPSA) is 123 Å². The summed E-state index contributed by atoms with van der Waals surface area (Å²) >= 11 is 0. The van der Waals surface area contributed by atoms with Gasteiger partial charge in [0.1, 0.15) is 11.0 Å². The van der Waals surface area contributed by atoms with Crippen molar-refractivity contribution in [3.05, 3.63) is 48.3 Å². The van der Waals surface area contributed by atoms with Crippen molar-refractivity contribution in [1.82, 2.24) is 25.3 Å². The number of nitrogens with two attached hydrogens (primary N) is 1. The first kappa shape index (κ1) is 17.7. The maximum atomic E-state index is 9.21. The lowest BCUT2D eigenvalue weighted by molar-refractivity contribution is 0.266. The smallest absolute Gasteiger partial charge is 0.292 e. The highest BCUT2D eigenvalue weighted by Crippen LogP contribution is 2.27. The number of aromatic nitrogens is 4. The molecule has 5 rings (SSSR count). The zero-order chi connectivity index (χ0) is 19.8. The van der Waals surface area contributed by atoms with Gasteiger partial charge in [-0.15, -0.1) is 0 Å². The summed E-state index contributed by atoms with van der Waals surface area (Å²) in [5, 5.41) is 12.6. The second-order valence-corrected chi connectivity index (χ2v) is 7.08. The Morgan fingerprint density at radius 1 is 1.10 bits per heavy atom. The first-order chi connectivity index (χ1) is 14.2. The molecule has 146 valence electrons. The van der Waals surface area contributed by atoms with Crippen LogP contribution in [0, 0.1) is 0 Å². The Morgan fingerprint density at radius 3 is 2.90 bits per heavy atom. The van der Waals surface area contributed by atoms with E-state index in [9.17, 15) is 5.11 Å². The van der Waals surface area contributed by atoms with Crippen molar-refractivity contribution in [2.45, 2.75) is 18.9 Å². The van der Waals surface area contributed by atoms with E-state index in [1.54, 1.807) is 6.20 Å². The van der Waals surface area contributed by atoms with E-state index >= 15 is 0 Å². The van der Waals surface area contributed by atoms with Gasteiger partial charge in [-0.2, -0.15) is 4.98 Å². The Hall–Kier alpha value is -3.36. The molecule has 8 nitrogen and oxygen atoms in total. The number of aliphatic hydroxyl groups excluding tert-OH is 1. The highest BCUT2D eigenvalue weighted by Gasteiger charge is 2.17. The SMILES string of the molecule is Nc1nc2cc(-c3ccc4ncc(C5=CCNC(CCO)C5)nc4n3)ccc2o1. The van der Waals surface area contributed by atoms with Crippen LogP contribution in [-0.2, 0) is 0 Å². The van der Waals surface area contributed by atoms with Gasteiger partial charge in [0.25, 0.3) is 6.01 Å². The summed E-state index contributed by atoms with van der Waals surface area (Å²) in [4.78, 5) is 18.2. The van der Waals surface area contributed by atoms with Gasteiger partial charge in [0.2, 0.25) is 0 Å². The largest absolute Gasteiger partial charge is 0.424 e. The number of oxazole rings is 1. The van der Waals surface area contributed by atoms with Gasteiger partial charge >= 0.3 is 0 Å². The van der Waals surface area contributed by atoms with Gasteiger partial charge in [0, 0.05) is 24.8 Å². The van der Waals surface area contributed by atoms with Crippen molar-refractivity contribution in [2.24, 2.45) is 0 Å². The summed E-state index contributed by atoms with van der Waals surface area (Å²) in [6, 6.07) is 9.89. The number of rotatable bonds is 4. The number of nitrogen functional groups attached to an aromatic ring is 1. The molecular weight excluding hydrogens is 368 g/mol. The number of hydrogen-bond acceptors (Lipinski definition) is 8. The Bertz CT molecular complexity index is 1230. The molecule has 4 heterocycles. The normalized spacial score (nSPS) is 17.0. The molecule has 0 amide bonds. The summed E-state index contributed by atoms with van der Waals surface area (Å²) in [5.74, 6) is 0. The fourth-order valence-corrected chi connectivity index (χ4v) is 3.66. The Labute approximate surface area is 166 Å². The zero-order valence-corrected chi connectivity index (χ0v) is 15.7. The lowest BCUT2D eigenvalue weighted by Crippen LogP contribution is -2.33. The number of aliphatic hydroxyl groups is 1. The van der Waals surface area contributed by atoms with Crippen LogP contribution in [0.15, 0.2) is 47.0 Å². The molecule has 1 aliphatic heterocycles. The highest BCUT2D eigenvalue weighted by molar-refractivity contribution is 5.82. The van der Waals surface area contributed by atoms with Crippen LogP contribution in [0.25, 0.3) is 39.1 Å². The van der Waals surface area contributed by atoms with Gasteiger partial charge in [-0.3, -0.25) is 4.98 Å². The maximum Gasteiger partial charge on any atom is 0.292 e. The Kier molecular flexibility index (Phi) is 4.42. The number of hydrogen-bond donors (Lipinski definition) is 3. The number of anilines is 1. The highest BCUT2D eigenvalue weighted by atomic mass is 16.4. The molecular formula is C21H20N6O2. The first-order valence-electron chi connectivity index (χ1n) is 9.53. The van der Waals surface area contributed by atoms with Crippen LogP contribution in [0.2, 0.25) is 0 Å².